The van der Waals surface area contributed by atoms with Gasteiger partial charge in [-0.3, -0.25) is 4.98 Å². The van der Waals surface area contributed by atoms with E-state index in [4.69, 9.17) is 14.9 Å². The maximum Gasteiger partial charge on any atom is 0.261 e. The number of fused-ring (bicyclic) bond motifs is 1. The van der Waals surface area contributed by atoms with E-state index in [1.54, 1.807) is 6.20 Å². The Hall–Kier alpha value is -3.15. The first kappa shape index (κ1) is 24.5. The number of nitrogens with zero attached hydrogens (tertiary/aromatic N) is 1. The average molecular weight is 497 g/mol. The van der Waals surface area contributed by atoms with E-state index in [0.29, 0.717) is 5.69 Å². The molecule has 36 heavy (non-hydrogen) atoms. The SMILES string of the molecule is CC(C)(C)[Si](O[C@H]1CC[C@H](Oc2cc3ncccc3cc2N)CC1)(c1ccccc1)c1ccccc1. The molecule has 3 aromatic carbocycles. The normalized spacial score (nSPS) is 18.8. The van der Waals surface area contributed by atoms with Crippen LogP contribution >= 0.6 is 0 Å². The Kier molecular flexibility index (Phi) is 6.87. The molecule has 1 saturated carbocycles. The first-order valence-corrected chi connectivity index (χ1v) is 14.9. The summed E-state index contributed by atoms with van der Waals surface area (Å²) in [5.74, 6) is 0.734. The largest absolute Gasteiger partial charge is 0.488 e. The fraction of sp³-hybridized carbons (Fsp3) is 0.323. The van der Waals surface area contributed by atoms with Crippen molar-refractivity contribution < 1.29 is 9.16 Å². The number of nitrogen functional groups attached to an aromatic ring is 1. The lowest BCUT2D eigenvalue weighted by Crippen LogP contribution is -2.67. The van der Waals surface area contributed by atoms with Crippen LogP contribution in [-0.2, 0) is 4.43 Å². The van der Waals surface area contributed by atoms with Gasteiger partial charge in [0.1, 0.15) is 5.75 Å². The van der Waals surface area contributed by atoms with Gasteiger partial charge in [0.25, 0.3) is 8.32 Å². The molecule has 0 atom stereocenters. The zero-order valence-electron chi connectivity index (χ0n) is 21.5. The van der Waals surface area contributed by atoms with Crippen LogP contribution in [0.4, 0.5) is 5.69 Å². The molecule has 1 aliphatic carbocycles. The molecule has 0 bridgehead atoms. The van der Waals surface area contributed by atoms with Crippen molar-refractivity contribution in [2.24, 2.45) is 0 Å². The standard InChI is InChI=1S/C31H36N2O2Si/c1-31(2,3)36(26-12-6-4-7-13-26,27-14-8-5-9-15-27)35-25-18-16-24(17-19-25)34-30-22-29-23(21-28(30)32)11-10-20-33-29/h4-15,20-22,24-25H,16-19,32H2,1-3H3/t24-,25-. The van der Waals surface area contributed by atoms with Gasteiger partial charge in [-0.2, -0.15) is 0 Å². The van der Waals surface area contributed by atoms with Crippen molar-refractivity contribution in [1.29, 1.82) is 0 Å². The lowest BCUT2D eigenvalue weighted by atomic mass is 9.95. The fourth-order valence-corrected chi connectivity index (χ4v) is 10.4. The number of ether oxygens (including phenoxy) is 1. The molecule has 0 radical (unpaired) electrons. The topological polar surface area (TPSA) is 57.4 Å². The summed E-state index contributed by atoms with van der Waals surface area (Å²) in [5, 5.41) is 3.68. The lowest BCUT2D eigenvalue weighted by Gasteiger charge is -2.46. The summed E-state index contributed by atoms with van der Waals surface area (Å²) < 4.78 is 13.7. The summed E-state index contributed by atoms with van der Waals surface area (Å²) in [7, 11) is -2.54. The van der Waals surface area contributed by atoms with E-state index in [9.17, 15) is 0 Å². The number of aromatic nitrogens is 1. The lowest BCUT2D eigenvalue weighted by molar-refractivity contribution is 0.0755. The highest BCUT2D eigenvalue weighted by atomic mass is 28.4. The molecule has 1 fully saturated rings. The Balaban J connectivity index is 1.36. The number of pyridine rings is 1. The predicted octanol–water partition coefficient (Wildman–Crippen LogP) is 6.08. The summed E-state index contributed by atoms with van der Waals surface area (Å²) in [5.41, 5.74) is 7.89. The van der Waals surface area contributed by atoms with Crippen LogP contribution in [0.3, 0.4) is 0 Å². The maximum absolute atomic E-state index is 7.34. The molecule has 186 valence electrons. The number of benzene rings is 3. The highest BCUT2D eigenvalue weighted by molar-refractivity contribution is 6.99. The van der Waals surface area contributed by atoms with Crippen LogP contribution in [0.25, 0.3) is 10.9 Å². The van der Waals surface area contributed by atoms with Crippen LogP contribution in [0.15, 0.2) is 91.1 Å². The molecule has 4 nitrogen and oxygen atoms in total. The second kappa shape index (κ2) is 10.1. The Morgan fingerprint density at radius 1 is 0.778 bits per heavy atom. The van der Waals surface area contributed by atoms with Crippen molar-refractivity contribution in [3.05, 3.63) is 91.1 Å². The third-order valence-electron chi connectivity index (χ3n) is 7.41. The third kappa shape index (κ3) is 4.78. The highest BCUT2D eigenvalue weighted by Crippen LogP contribution is 2.40. The zero-order chi connectivity index (χ0) is 25.2. The van der Waals surface area contributed by atoms with Crippen LogP contribution in [-0.4, -0.2) is 25.5 Å². The molecule has 0 amide bonds. The van der Waals surface area contributed by atoms with E-state index in [0.717, 1.165) is 42.3 Å². The number of hydrogen-bond donors (Lipinski definition) is 1. The molecule has 1 aliphatic rings. The minimum atomic E-state index is -2.54. The first-order valence-electron chi connectivity index (χ1n) is 13.0. The van der Waals surface area contributed by atoms with Crippen molar-refractivity contribution >= 4 is 35.3 Å². The van der Waals surface area contributed by atoms with E-state index < -0.39 is 8.32 Å². The van der Waals surface area contributed by atoms with Gasteiger partial charge in [0, 0.05) is 23.8 Å². The monoisotopic (exact) mass is 496 g/mol. The number of anilines is 1. The predicted molar refractivity (Wildman–Crippen MR) is 152 cm³/mol. The maximum atomic E-state index is 7.34. The van der Waals surface area contributed by atoms with Crippen LogP contribution in [0.5, 0.6) is 5.75 Å². The van der Waals surface area contributed by atoms with Crippen molar-refractivity contribution in [1.82, 2.24) is 4.98 Å². The summed E-state index contributed by atoms with van der Waals surface area (Å²) in [6, 6.07) is 29.7. The summed E-state index contributed by atoms with van der Waals surface area (Å²) in [6.45, 7) is 7.01. The van der Waals surface area contributed by atoms with Gasteiger partial charge in [0.15, 0.2) is 0 Å². The number of nitrogens with two attached hydrogens (primary N) is 1. The van der Waals surface area contributed by atoms with E-state index in [-0.39, 0.29) is 17.2 Å². The van der Waals surface area contributed by atoms with Gasteiger partial charge >= 0.3 is 0 Å². The number of rotatable bonds is 6. The Morgan fingerprint density at radius 3 is 1.94 bits per heavy atom. The Labute approximate surface area is 215 Å². The molecule has 0 aliphatic heterocycles. The van der Waals surface area contributed by atoms with E-state index in [1.165, 1.54) is 10.4 Å². The van der Waals surface area contributed by atoms with Crippen molar-refractivity contribution in [2.75, 3.05) is 5.73 Å². The Bertz CT molecular complexity index is 1260. The van der Waals surface area contributed by atoms with Gasteiger partial charge in [-0.05, 0) is 53.2 Å². The molecule has 0 spiro atoms. The second-order valence-corrected chi connectivity index (χ2v) is 15.1. The molecule has 5 heteroatoms. The van der Waals surface area contributed by atoms with Crippen molar-refractivity contribution in [3.8, 4) is 5.75 Å². The van der Waals surface area contributed by atoms with E-state index in [2.05, 4.69) is 86.4 Å². The van der Waals surface area contributed by atoms with Crippen molar-refractivity contribution in [3.63, 3.8) is 0 Å². The highest BCUT2D eigenvalue weighted by Gasteiger charge is 2.51. The molecule has 5 rings (SSSR count). The minimum Gasteiger partial charge on any atom is -0.488 e. The average Bonchev–Trinajstić information content (AvgIpc) is 2.89. The minimum absolute atomic E-state index is 0.0183. The number of hydrogen-bond acceptors (Lipinski definition) is 4. The zero-order valence-corrected chi connectivity index (χ0v) is 22.5. The molecule has 4 aromatic rings. The van der Waals surface area contributed by atoms with Crippen LogP contribution in [0.1, 0.15) is 46.5 Å². The van der Waals surface area contributed by atoms with Crippen LogP contribution in [0.2, 0.25) is 5.04 Å². The third-order valence-corrected chi connectivity index (χ3v) is 12.5. The Morgan fingerprint density at radius 2 is 1.36 bits per heavy atom. The molecule has 2 N–H and O–H groups in total. The van der Waals surface area contributed by atoms with Crippen LogP contribution < -0.4 is 20.8 Å². The molecular formula is C31H36N2O2Si. The molecule has 0 unspecified atom stereocenters. The van der Waals surface area contributed by atoms with Gasteiger partial charge in [0.2, 0.25) is 0 Å². The second-order valence-electron chi connectivity index (χ2n) is 10.9. The van der Waals surface area contributed by atoms with Gasteiger partial charge in [-0.25, -0.2) is 0 Å². The fourth-order valence-electron chi connectivity index (χ4n) is 5.61. The summed E-state index contributed by atoms with van der Waals surface area (Å²) >= 11 is 0. The smallest absolute Gasteiger partial charge is 0.261 e. The summed E-state index contributed by atoms with van der Waals surface area (Å²) in [4.78, 5) is 4.46. The molecular weight excluding hydrogens is 460 g/mol. The van der Waals surface area contributed by atoms with Crippen LogP contribution in [0, 0.1) is 0 Å². The van der Waals surface area contributed by atoms with E-state index >= 15 is 0 Å². The molecule has 1 heterocycles. The van der Waals surface area contributed by atoms with Gasteiger partial charge in [-0.1, -0.05) is 87.5 Å². The summed E-state index contributed by atoms with van der Waals surface area (Å²) in [6.07, 6.45) is 5.97. The van der Waals surface area contributed by atoms with Gasteiger partial charge < -0.3 is 14.9 Å². The van der Waals surface area contributed by atoms with Crippen molar-refractivity contribution in [2.45, 2.75) is 63.7 Å². The molecule has 1 aromatic heterocycles. The van der Waals surface area contributed by atoms with Gasteiger partial charge in [0.05, 0.1) is 17.3 Å². The first-order chi connectivity index (χ1) is 17.4. The molecule has 0 saturated heterocycles. The van der Waals surface area contributed by atoms with E-state index in [1.807, 2.05) is 24.3 Å². The quantitative estimate of drug-likeness (QED) is 0.259. The van der Waals surface area contributed by atoms with Gasteiger partial charge in [-0.15, -0.1) is 0 Å².